The molecule has 186 valence electrons. The molecule has 9 nitrogen and oxygen atoms in total. The summed E-state index contributed by atoms with van der Waals surface area (Å²) in [5.41, 5.74) is 1.49. The molecule has 1 N–H and O–H groups in total. The summed E-state index contributed by atoms with van der Waals surface area (Å²) < 4.78 is 38.9. The van der Waals surface area contributed by atoms with Crippen molar-refractivity contribution in [2.45, 2.75) is 18.5 Å². The molecule has 0 radical (unpaired) electrons. The predicted octanol–water partition coefficient (Wildman–Crippen LogP) is 4.06. The molecule has 36 heavy (non-hydrogen) atoms. The molecule has 0 unspecified atom stereocenters. The summed E-state index contributed by atoms with van der Waals surface area (Å²) in [5, 5.41) is 11.4. The van der Waals surface area contributed by atoms with E-state index >= 15 is 0 Å². The van der Waals surface area contributed by atoms with Gasteiger partial charge in [-0.2, -0.15) is 14.6 Å². The van der Waals surface area contributed by atoms with Crippen molar-refractivity contribution < 1.29 is 22.7 Å². The minimum atomic E-state index is -3.58. The van der Waals surface area contributed by atoms with Crippen molar-refractivity contribution in [1.82, 2.24) is 9.36 Å². The van der Waals surface area contributed by atoms with Crippen LogP contribution in [0.15, 0.2) is 71.9 Å². The van der Waals surface area contributed by atoms with Crippen LogP contribution in [-0.4, -0.2) is 42.6 Å². The number of nitriles is 1. The highest BCUT2D eigenvalue weighted by atomic mass is 32.2. The molecule has 0 aliphatic carbocycles. The fraction of sp³-hybridized carbons (Fsp3) is 0.200. The Morgan fingerprint density at radius 3 is 2.58 bits per heavy atom. The Labute approximate surface area is 213 Å². The van der Waals surface area contributed by atoms with Gasteiger partial charge in [-0.1, -0.05) is 43.3 Å². The maximum Gasteiger partial charge on any atom is 0.268 e. The van der Waals surface area contributed by atoms with Crippen molar-refractivity contribution in [3.05, 3.63) is 77.9 Å². The number of para-hydroxylation sites is 1. The summed E-state index contributed by atoms with van der Waals surface area (Å²) >= 11 is 0.727. The maximum absolute atomic E-state index is 12.4. The number of benzene rings is 2. The summed E-state index contributed by atoms with van der Waals surface area (Å²) in [7, 11) is -3.58. The number of sulfone groups is 1. The topological polar surface area (TPSA) is 131 Å². The quantitative estimate of drug-likeness (QED) is 0.162. The highest BCUT2D eigenvalue weighted by molar-refractivity contribution is 7.91. The standard InChI is InChI=1S/C25H24N4O5S2/c1-3-7-19-8-5-6-9-22(19)34-15-14-33-21-12-10-18(11-13-21)16-20(17-26)23(30)27-24-28-25(29-35-24)36(31,32)4-2/h3,5-6,8-13,16H,1,4,7,14-15H2,2H3,(H,27,28,29,30). The van der Waals surface area contributed by atoms with Crippen LogP contribution >= 0.6 is 11.5 Å². The van der Waals surface area contributed by atoms with E-state index in [1.165, 1.54) is 13.0 Å². The highest BCUT2D eigenvalue weighted by Gasteiger charge is 2.20. The third-order valence-electron chi connectivity index (χ3n) is 4.79. The Balaban J connectivity index is 1.55. The molecule has 11 heteroatoms. The second-order valence-electron chi connectivity index (χ2n) is 7.28. The van der Waals surface area contributed by atoms with Crippen LogP contribution in [0.3, 0.4) is 0 Å². The third kappa shape index (κ3) is 7.24. The van der Waals surface area contributed by atoms with Crippen molar-refractivity contribution >= 4 is 38.5 Å². The number of carbonyl (C=O) groups excluding carboxylic acids is 1. The molecule has 1 heterocycles. The maximum atomic E-state index is 12.4. The number of amides is 1. The molecular formula is C25H24N4O5S2. The van der Waals surface area contributed by atoms with Crippen molar-refractivity contribution in [3.8, 4) is 17.6 Å². The fourth-order valence-electron chi connectivity index (χ4n) is 2.94. The Bertz CT molecular complexity index is 1390. The first-order valence-electron chi connectivity index (χ1n) is 10.9. The van der Waals surface area contributed by atoms with Crippen LogP contribution in [-0.2, 0) is 21.1 Å². The lowest BCUT2D eigenvalue weighted by atomic mass is 10.1. The van der Waals surface area contributed by atoms with Gasteiger partial charge in [-0.25, -0.2) is 8.42 Å². The second kappa shape index (κ2) is 12.6. The van der Waals surface area contributed by atoms with Crippen molar-refractivity contribution in [2.75, 3.05) is 24.3 Å². The Morgan fingerprint density at radius 2 is 1.89 bits per heavy atom. The van der Waals surface area contributed by atoms with Gasteiger partial charge in [0.1, 0.15) is 36.4 Å². The lowest BCUT2D eigenvalue weighted by molar-refractivity contribution is -0.112. The van der Waals surface area contributed by atoms with E-state index in [-0.39, 0.29) is 21.6 Å². The van der Waals surface area contributed by atoms with Gasteiger partial charge in [-0.05, 0) is 41.8 Å². The number of carbonyl (C=O) groups is 1. The molecule has 2 aromatic carbocycles. The monoisotopic (exact) mass is 524 g/mol. The van der Waals surface area contributed by atoms with E-state index in [0.29, 0.717) is 24.5 Å². The molecule has 0 saturated heterocycles. The smallest absolute Gasteiger partial charge is 0.268 e. The zero-order chi connectivity index (χ0) is 26.0. The molecule has 0 atom stereocenters. The lowest BCUT2D eigenvalue weighted by Crippen LogP contribution is -2.13. The molecule has 0 saturated carbocycles. The number of anilines is 1. The number of nitrogens with one attached hydrogen (secondary N) is 1. The predicted molar refractivity (Wildman–Crippen MR) is 138 cm³/mol. The first kappa shape index (κ1) is 26.6. The molecule has 1 amide bonds. The number of nitrogens with zero attached hydrogens (tertiary/aromatic N) is 3. The first-order valence-corrected chi connectivity index (χ1v) is 13.3. The minimum Gasteiger partial charge on any atom is -0.490 e. The van der Waals surface area contributed by atoms with Crippen LogP contribution in [0.5, 0.6) is 11.5 Å². The summed E-state index contributed by atoms with van der Waals surface area (Å²) in [6.07, 6.45) is 3.95. The zero-order valence-corrected chi connectivity index (χ0v) is 21.1. The third-order valence-corrected chi connectivity index (χ3v) is 7.03. The Hall–Kier alpha value is -4.01. The zero-order valence-electron chi connectivity index (χ0n) is 19.5. The van der Waals surface area contributed by atoms with E-state index in [9.17, 15) is 18.5 Å². The first-order chi connectivity index (χ1) is 17.4. The Kier molecular flexibility index (Phi) is 9.32. The number of allylic oxidation sites excluding steroid dienone is 1. The average Bonchev–Trinajstić information content (AvgIpc) is 3.36. The lowest BCUT2D eigenvalue weighted by Gasteiger charge is -2.11. The normalized spacial score (nSPS) is 11.4. The summed E-state index contributed by atoms with van der Waals surface area (Å²) in [4.78, 5) is 16.3. The van der Waals surface area contributed by atoms with Gasteiger partial charge in [0.05, 0.1) is 5.75 Å². The van der Waals surface area contributed by atoms with Gasteiger partial charge in [0, 0.05) is 11.5 Å². The summed E-state index contributed by atoms with van der Waals surface area (Å²) in [5.74, 6) is 0.525. The van der Waals surface area contributed by atoms with E-state index in [4.69, 9.17) is 9.47 Å². The van der Waals surface area contributed by atoms with Gasteiger partial charge in [0.2, 0.25) is 15.0 Å². The highest BCUT2D eigenvalue weighted by Crippen LogP contribution is 2.20. The molecule has 0 fully saturated rings. The number of rotatable bonds is 12. The van der Waals surface area contributed by atoms with Crippen molar-refractivity contribution in [3.63, 3.8) is 0 Å². The second-order valence-corrected chi connectivity index (χ2v) is 10.2. The number of hydrogen-bond donors (Lipinski definition) is 1. The number of hydrogen-bond acceptors (Lipinski definition) is 9. The van der Waals surface area contributed by atoms with Crippen LogP contribution in [0.25, 0.3) is 6.08 Å². The van der Waals surface area contributed by atoms with Crippen molar-refractivity contribution in [1.29, 1.82) is 5.26 Å². The SMILES string of the molecule is C=CCc1ccccc1OCCOc1ccc(C=C(C#N)C(=O)Nc2nc(S(=O)(=O)CC)ns2)cc1. The summed E-state index contributed by atoms with van der Waals surface area (Å²) in [6.45, 7) is 5.92. The van der Waals surface area contributed by atoms with Gasteiger partial charge < -0.3 is 9.47 Å². The van der Waals surface area contributed by atoms with Crippen LogP contribution in [0.4, 0.5) is 5.13 Å². The Morgan fingerprint density at radius 1 is 1.17 bits per heavy atom. The molecular weight excluding hydrogens is 500 g/mol. The molecule has 0 spiro atoms. The van der Waals surface area contributed by atoms with E-state index in [1.54, 1.807) is 24.3 Å². The molecule has 3 aromatic rings. The van der Waals surface area contributed by atoms with E-state index in [2.05, 4.69) is 21.3 Å². The van der Waals surface area contributed by atoms with Gasteiger partial charge in [-0.3, -0.25) is 10.1 Å². The molecule has 3 rings (SSSR count). The van der Waals surface area contributed by atoms with Crippen LogP contribution in [0.1, 0.15) is 18.1 Å². The minimum absolute atomic E-state index is 0.00809. The van der Waals surface area contributed by atoms with Crippen molar-refractivity contribution in [2.24, 2.45) is 0 Å². The van der Waals surface area contributed by atoms with Gasteiger partial charge in [0.15, 0.2) is 0 Å². The fourth-order valence-corrected chi connectivity index (χ4v) is 4.52. The molecule has 1 aromatic heterocycles. The number of ether oxygens (including phenoxy) is 2. The summed E-state index contributed by atoms with van der Waals surface area (Å²) in [6, 6.07) is 16.4. The van der Waals surface area contributed by atoms with Gasteiger partial charge in [0.25, 0.3) is 11.1 Å². The average molecular weight is 525 g/mol. The molecule has 0 aliphatic heterocycles. The van der Waals surface area contributed by atoms with Gasteiger partial charge in [-0.15, -0.1) is 6.58 Å². The number of aromatic nitrogens is 2. The largest absolute Gasteiger partial charge is 0.490 e. The van der Waals surface area contributed by atoms with Crippen LogP contribution < -0.4 is 14.8 Å². The van der Waals surface area contributed by atoms with E-state index in [0.717, 1.165) is 29.3 Å². The van der Waals surface area contributed by atoms with Gasteiger partial charge >= 0.3 is 0 Å². The van der Waals surface area contributed by atoms with E-state index < -0.39 is 15.7 Å². The van der Waals surface area contributed by atoms with E-state index in [1.807, 2.05) is 36.4 Å². The molecule has 0 bridgehead atoms. The van der Waals surface area contributed by atoms with Crippen LogP contribution in [0, 0.1) is 11.3 Å². The molecule has 0 aliphatic rings. The van der Waals surface area contributed by atoms with Crippen LogP contribution in [0.2, 0.25) is 0 Å².